The molecule has 4 heterocycles. The molecule has 2 aliphatic heterocycles. The van der Waals surface area contributed by atoms with Crippen LogP contribution in [-0.2, 0) is 25.9 Å². The van der Waals surface area contributed by atoms with Crippen LogP contribution in [0.3, 0.4) is 0 Å². The summed E-state index contributed by atoms with van der Waals surface area (Å²) >= 11 is 1.66. The number of nitrogens with one attached hydrogen (secondary N) is 1. The number of hydrogen-bond acceptors (Lipinski definition) is 5. The van der Waals surface area contributed by atoms with E-state index in [9.17, 15) is 4.79 Å². The van der Waals surface area contributed by atoms with Gasteiger partial charge in [0, 0.05) is 37.1 Å². The summed E-state index contributed by atoms with van der Waals surface area (Å²) in [5, 5.41) is 4.24. The number of hydrogen-bond donors (Lipinski definition) is 1. The third-order valence-corrected chi connectivity index (χ3v) is 7.00. The van der Waals surface area contributed by atoms with Gasteiger partial charge in [-0.25, -0.2) is 4.98 Å². The van der Waals surface area contributed by atoms with Gasteiger partial charge in [0.1, 0.15) is 4.83 Å². The van der Waals surface area contributed by atoms with Gasteiger partial charge in [-0.15, -0.1) is 11.3 Å². The third kappa shape index (κ3) is 3.02. The van der Waals surface area contributed by atoms with Crippen molar-refractivity contribution in [1.29, 1.82) is 0 Å². The molecule has 140 valence electrons. The molecule has 2 aliphatic rings. The van der Waals surface area contributed by atoms with E-state index in [1.807, 2.05) is 4.57 Å². The van der Waals surface area contributed by atoms with Crippen molar-refractivity contribution in [1.82, 2.24) is 19.8 Å². The maximum atomic E-state index is 13.2. The lowest BCUT2D eigenvalue weighted by Gasteiger charge is -2.31. The lowest BCUT2D eigenvalue weighted by atomic mass is 9.99. The molecule has 6 heteroatoms. The van der Waals surface area contributed by atoms with Crippen LogP contribution in [-0.4, -0.2) is 34.1 Å². The zero-order valence-corrected chi connectivity index (χ0v) is 16.4. The van der Waals surface area contributed by atoms with Gasteiger partial charge in [-0.3, -0.25) is 14.3 Å². The first-order valence-corrected chi connectivity index (χ1v) is 10.5. The molecule has 1 atom stereocenters. The maximum Gasteiger partial charge on any atom is 0.262 e. The first-order valence-electron chi connectivity index (χ1n) is 9.72. The number of fused-ring (bicyclic) bond motifs is 4. The molecule has 3 aromatic rings. The van der Waals surface area contributed by atoms with Crippen LogP contribution in [0, 0.1) is 0 Å². The average molecular weight is 381 g/mol. The SMILES string of the molecule is C[C@@H](CN1CCc2ccccc2C1)n1cnc2sc3c(c2c1=O)CCNC3. The Morgan fingerprint density at radius 2 is 2.11 bits per heavy atom. The highest BCUT2D eigenvalue weighted by atomic mass is 32.1. The molecule has 0 fully saturated rings. The molecular weight excluding hydrogens is 356 g/mol. The predicted molar refractivity (Wildman–Crippen MR) is 109 cm³/mol. The van der Waals surface area contributed by atoms with Gasteiger partial charge in [0.15, 0.2) is 0 Å². The average Bonchev–Trinajstić information content (AvgIpc) is 3.07. The topological polar surface area (TPSA) is 50.2 Å². The van der Waals surface area contributed by atoms with Gasteiger partial charge in [-0.05, 0) is 43.0 Å². The molecule has 1 aromatic carbocycles. The quantitative estimate of drug-likeness (QED) is 0.759. The Kier molecular flexibility index (Phi) is 4.34. The van der Waals surface area contributed by atoms with Crippen molar-refractivity contribution in [3.63, 3.8) is 0 Å². The minimum atomic E-state index is 0.108. The number of aromatic nitrogens is 2. The van der Waals surface area contributed by atoms with Gasteiger partial charge in [0.25, 0.3) is 5.56 Å². The molecule has 5 rings (SSSR count). The fourth-order valence-electron chi connectivity index (χ4n) is 4.41. The van der Waals surface area contributed by atoms with E-state index in [-0.39, 0.29) is 11.6 Å². The van der Waals surface area contributed by atoms with E-state index in [1.54, 1.807) is 17.7 Å². The van der Waals surface area contributed by atoms with E-state index in [4.69, 9.17) is 0 Å². The van der Waals surface area contributed by atoms with Gasteiger partial charge in [0.2, 0.25) is 0 Å². The Bertz CT molecular complexity index is 1050. The van der Waals surface area contributed by atoms with E-state index < -0.39 is 0 Å². The van der Waals surface area contributed by atoms with E-state index in [2.05, 4.69) is 46.4 Å². The lowest BCUT2D eigenvalue weighted by molar-refractivity contribution is 0.219. The second-order valence-corrected chi connectivity index (χ2v) is 8.75. The van der Waals surface area contributed by atoms with Crippen molar-refractivity contribution in [2.75, 3.05) is 19.6 Å². The molecule has 0 bridgehead atoms. The molecule has 0 amide bonds. The van der Waals surface area contributed by atoms with Crippen LogP contribution in [0.4, 0.5) is 0 Å². The number of benzene rings is 1. The van der Waals surface area contributed by atoms with Crippen LogP contribution >= 0.6 is 11.3 Å². The Labute approximate surface area is 162 Å². The van der Waals surface area contributed by atoms with Gasteiger partial charge < -0.3 is 5.32 Å². The van der Waals surface area contributed by atoms with Crippen LogP contribution in [0.25, 0.3) is 10.2 Å². The van der Waals surface area contributed by atoms with Crippen molar-refractivity contribution in [3.8, 4) is 0 Å². The second kappa shape index (κ2) is 6.86. The summed E-state index contributed by atoms with van der Waals surface area (Å²) in [4.78, 5) is 22.5. The van der Waals surface area contributed by atoms with E-state index in [0.29, 0.717) is 0 Å². The molecular formula is C21H24N4OS. The van der Waals surface area contributed by atoms with Crippen molar-refractivity contribution in [2.24, 2.45) is 0 Å². The fraction of sp³-hybridized carbons (Fsp3) is 0.429. The van der Waals surface area contributed by atoms with E-state index in [1.165, 1.54) is 21.6 Å². The molecule has 0 saturated heterocycles. The van der Waals surface area contributed by atoms with Crippen LogP contribution in [0.2, 0.25) is 0 Å². The van der Waals surface area contributed by atoms with Crippen LogP contribution in [0.5, 0.6) is 0 Å². The minimum Gasteiger partial charge on any atom is -0.312 e. The summed E-state index contributed by atoms with van der Waals surface area (Å²) < 4.78 is 1.85. The summed E-state index contributed by atoms with van der Waals surface area (Å²) in [6, 6.07) is 8.79. The van der Waals surface area contributed by atoms with Gasteiger partial charge >= 0.3 is 0 Å². The van der Waals surface area contributed by atoms with Gasteiger partial charge in [0.05, 0.1) is 11.7 Å². The predicted octanol–water partition coefficient (Wildman–Crippen LogP) is 2.72. The normalized spacial score (nSPS) is 18.3. The molecule has 5 nitrogen and oxygen atoms in total. The maximum absolute atomic E-state index is 13.2. The molecule has 1 N–H and O–H groups in total. The van der Waals surface area contributed by atoms with E-state index >= 15 is 0 Å². The number of thiophene rings is 1. The number of nitrogens with zero attached hydrogens (tertiary/aromatic N) is 3. The highest BCUT2D eigenvalue weighted by molar-refractivity contribution is 7.18. The molecule has 27 heavy (non-hydrogen) atoms. The summed E-state index contributed by atoms with van der Waals surface area (Å²) in [5.74, 6) is 0. The monoisotopic (exact) mass is 380 g/mol. The molecule has 0 saturated carbocycles. The van der Waals surface area contributed by atoms with Crippen molar-refractivity contribution in [2.45, 2.75) is 38.9 Å². The van der Waals surface area contributed by atoms with Crippen molar-refractivity contribution >= 4 is 21.6 Å². The second-order valence-electron chi connectivity index (χ2n) is 7.67. The van der Waals surface area contributed by atoms with Crippen molar-refractivity contribution < 1.29 is 0 Å². The van der Waals surface area contributed by atoms with E-state index in [0.717, 1.165) is 55.8 Å². The zero-order chi connectivity index (χ0) is 18.4. The first kappa shape index (κ1) is 17.1. The first-order chi connectivity index (χ1) is 13.2. The Morgan fingerprint density at radius 1 is 1.26 bits per heavy atom. The molecule has 0 spiro atoms. The molecule has 0 unspecified atom stereocenters. The van der Waals surface area contributed by atoms with Gasteiger partial charge in [-0.2, -0.15) is 0 Å². The smallest absolute Gasteiger partial charge is 0.262 e. The molecule has 0 aliphatic carbocycles. The third-order valence-electron chi connectivity index (χ3n) is 5.86. The standard InChI is InChI=1S/C21H24N4OS/c1-14(11-24-9-7-15-4-2-3-5-16(15)12-24)25-13-23-20-19(21(25)26)17-6-8-22-10-18(17)27-20/h2-5,13-14,22H,6-12H2,1H3/t14-/m0/s1. The Morgan fingerprint density at radius 3 is 3.00 bits per heavy atom. The largest absolute Gasteiger partial charge is 0.312 e. The Balaban J connectivity index is 1.42. The highest BCUT2D eigenvalue weighted by Crippen LogP contribution is 2.30. The van der Waals surface area contributed by atoms with Crippen LogP contribution in [0.1, 0.15) is 34.5 Å². The summed E-state index contributed by atoms with van der Waals surface area (Å²) in [5.41, 5.74) is 4.22. The van der Waals surface area contributed by atoms with Crippen LogP contribution < -0.4 is 10.9 Å². The van der Waals surface area contributed by atoms with Crippen molar-refractivity contribution in [3.05, 3.63) is 62.5 Å². The molecule has 0 radical (unpaired) electrons. The zero-order valence-electron chi connectivity index (χ0n) is 15.6. The highest BCUT2D eigenvalue weighted by Gasteiger charge is 2.23. The summed E-state index contributed by atoms with van der Waals surface area (Å²) in [7, 11) is 0. The lowest BCUT2D eigenvalue weighted by Crippen LogP contribution is -2.37. The summed E-state index contributed by atoms with van der Waals surface area (Å²) in [6.07, 6.45) is 3.76. The Hall–Kier alpha value is -2.02. The van der Waals surface area contributed by atoms with Crippen LogP contribution in [0.15, 0.2) is 35.4 Å². The minimum absolute atomic E-state index is 0.108. The fourth-order valence-corrected chi connectivity index (χ4v) is 5.56. The molecule has 2 aromatic heterocycles. The van der Waals surface area contributed by atoms with Gasteiger partial charge in [-0.1, -0.05) is 24.3 Å². The number of rotatable bonds is 3. The summed E-state index contributed by atoms with van der Waals surface area (Å²) in [6.45, 7) is 6.81.